The predicted molar refractivity (Wildman–Crippen MR) is 90.7 cm³/mol. The predicted octanol–water partition coefficient (Wildman–Crippen LogP) is 2.60. The summed E-state index contributed by atoms with van der Waals surface area (Å²) in [5.74, 6) is 1.37. The molecule has 0 bridgehead atoms. The van der Waals surface area contributed by atoms with Gasteiger partial charge in [0.1, 0.15) is 0 Å². The first kappa shape index (κ1) is 15.2. The average Bonchev–Trinajstić information content (AvgIpc) is 3.26. The second-order valence-corrected chi connectivity index (χ2v) is 5.80. The van der Waals surface area contributed by atoms with E-state index < -0.39 is 0 Å². The molecule has 25 heavy (non-hydrogen) atoms. The number of hydrogen-bond acceptors (Lipinski definition) is 6. The maximum Gasteiger partial charge on any atom is 0.191 e. The van der Waals surface area contributed by atoms with E-state index in [1.165, 1.54) is 0 Å². The van der Waals surface area contributed by atoms with Crippen LogP contribution in [0.25, 0.3) is 22.2 Å². The third-order valence-electron chi connectivity index (χ3n) is 3.84. The highest BCUT2D eigenvalue weighted by Gasteiger charge is 2.09. The number of rotatable bonds is 5. The topological polar surface area (TPSA) is 86.7 Å². The molecule has 0 radical (unpaired) electrons. The second-order valence-electron chi connectivity index (χ2n) is 5.80. The minimum Gasteiger partial charge on any atom is -0.441 e. The minimum absolute atomic E-state index is 0.0497. The zero-order valence-corrected chi connectivity index (χ0v) is 13.6. The molecule has 0 aliphatic carbocycles. The Balaban J connectivity index is 1.59. The molecule has 0 aliphatic heterocycles. The van der Waals surface area contributed by atoms with Crippen LogP contribution in [0.1, 0.15) is 11.6 Å². The van der Waals surface area contributed by atoms with E-state index in [0.717, 1.165) is 16.5 Å². The molecule has 7 heteroatoms. The van der Waals surface area contributed by atoms with Crippen molar-refractivity contribution in [3.05, 3.63) is 60.8 Å². The van der Waals surface area contributed by atoms with E-state index in [-0.39, 0.29) is 18.7 Å². The Morgan fingerprint density at radius 1 is 1.24 bits per heavy atom. The lowest BCUT2D eigenvalue weighted by Gasteiger charge is -2.04. The van der Waals surface area contributed by atoms with Crippen molar-refractivity contribution in [1.29, 1.82) is 0 Å². The molecule has 0 fully saturated rings. The van der Waals surface area contributed by atoms with Crippen LogP contribution in [0.15, 0.2) is 53.6 Å². The lowest BCUT2D eigenvalue weighted by atomic mass is 10.1. The molecule has 0 unspecified atom stereocenters. The zero-order valence-electron chi connectivity index (χ0n) is 13.6. The highest BCUT2D eigenvalue weighted by molar-refractivity contribution is 5.85. The number of hydrogen-bond donors (Lipinski definition) is 0. The van der Waals surface area contributed by atoms with Crippen molar-refractivity contribution in [3.8, 4) is 11.3 Å². The molecule has 4 rings (SSSR count). The highest BCUT2D eigenvalue weighted by atomic mass is 16.4. The molecule has 0 amide bonds. The van der Waals surface area contributed by atoms with Crippen LogP contribution in [0.5, 0.6) is 0 Å². The van der Waals surface area contributed by atoms with Gasteiger partial charge in [0.15, 0.2) is 17.4 Å². The standard InChI is InChI=1S/C18H15N5O2/c1-12-20-9-18(25-12)13-2-3-17-14(6-13)7-15(21-22-17)8-16(24)10-23-5-4-19-11-23/h2-7,9,11H,8,10H2,1H3. The van der Waals surface area contributed by atoms with Crippen LogP contribution in [0, 0.1) is 6.92 Å². The van der Waals surface area contributed by atoms with Gasteiger partial charge in [-0.05, 0) is 24.3 Å². The van der Waals surface area contributed by atoms with Crippen molar-refractivity contribution in [1.82, 2.24) is 24.7 Å². The number of aryl methyl sites for hydroxylation is 1. The first-order valence-electron chi connectivity index (χ1n) is 7.84. The molecule has 0 atom stereocenters. The fourth-order valence-electron chi connectivity index (χ4n) is 2.66. The van der Waals surface area contributed by atoms with Gasteiger partial charge >= 0.3 is 0 Å². The fourth-order valence-corrected chi connectivity index (χ4v) is 2.66. The second kappa shape index (κ2) is 6.27. The number of ketones is 1. The Labute approximate surface area is 143 Å². The molecular weight excluding hydrogens is 318 g/mol. The van der Waals surface area contributed by atoms with E-state index in [9.17, 15) is 4.79 Å². The first-order valence-corrected chi connectivity index (χ1v) is 7.84. The molecule has 3 heterocycles. The van der Waals surface area contributed by atoms with Crippen LogP contribution in [0.3, 0.4) is 0 Å². The lowest BCUT2D eigenvalue weighted by molar-refractivity contribution is -0.119. The number of oxazole rings is 1. The Morgan fingerprint density at radius 3 is 2.92 bits per heavy atom. The van der Waals surface area contributed by atoms with Crippen LogP contribution >= 0.6 is 0 Å². The minimum atomic E-state index is 0.0497. The summed E-state index contributed by atoms with van der Waals surface area (Å²) < 4.78 is 7.30. The molecule has 0 spiro atoms. The molecule has 0 saturated carbocycles. The van der Waals surface area contributed by atoms with Gasteiger partial charge in [-0.1, -0.05) is 0 Å². The van der Waals surface area contributed by atoms with Crippen molar-refractivity contribution in [2.45, 2.75) is 19.9 Å². The number of Topliss-reactive ketones (excluding diaryl/α,β-unsaturated/α-hetero) is 1. The Morgan fingerprint density at radius 2 is 2.16 bits per heavy atom. The van der Waals surface area contributed by atoms with E-state index in [4.69, 9.17) is 4.42 Å². The van der Waals surface area contributed by atoms with Crippen LogP contribution in [0.4, 0.5) is 0 Å². The van der Waals surface area contributed by atoms with Gasteiger partial charge in [-0.15, -0.1) is 0 Å². The number of carbonyl (C=O) groups is 1. The molecule has 124 valence electrons. The van der Waals surface area contributed by atoms with E-state index in [0.29, 0.717) is 17.3 Å². The van der Waals surface area contributed by atoms with Gasteiger partial charge in [-0.25, -0.2) is 9.97 Å². The first-order chi connectivity index (χ1) is 12.2. The molecule has 0 N–H and O–H groups in total. The summed E-state index contributed by atoms with van der Waals surface area (Å²) in [7, 11) is 0. The number of fused-ring (bicyclic) bond motifs is 1. The van der Waals surface area contributed by atoms with Crippen LogP contribution in [0.2, 0.25) is 0 Å². The molecule has 4 aromatic rings. The van der Waals surface area contributed by atoms with Crippen molar-refractivity contribution in [3.63, 3.8) is 0 Å². The summed E-state index contributed by atoms with van der Waals surface area (Å²) in [6.07, 6.45) is 6.95. The van der Waals surface area contributed by atoms with E-state index in [2.05, 4.69) is 20.2 Å². The summed E-state index contributed by atoms with van der Waals surface area (Å²) >= 11 is 0. The number of carbonyl (C=O) groups excluding carboxylic acids is 1. The summed E-state index contributed by atoms with van der Waals surface area (Å²) in [5.41, 5.74) is 2.33. The van der Waals surface area contributed by atoms with Crippen LogP contribution < -0.4 is 0 Å². The summed E-state index contributed by atoms with van der Waals surface area (Å²) in [5, 5.41) is 9.26. The number of imidazole rings is 1. The largest absolute Gasteiger partial charge is 0.441 e. The highest BCUT2D eigenvalue weighted by Crippen LogP contribution is 2.24. The third-order valence-corrected chi connectivity index (χ3v) is 3.84. The molecule has 1 aromatic carbocycles. The average molecular weight is 333 g/mol. The summed E-state index contributed by atoms with van der Waals surface area (Å²) in [6.45, 7) is 2.08. The quantitative estimate of drug-likeness (QED) is 0.558. The van der Waals surface area contributed by atoms with E-state index >= 15 is 0 Å². The maximum absolute atomic E-state index is 12.2. The van der Waals surface area contributed by atoms with E-state index in [1.807, 2.05) is 24.3 Å². The normalized spacial score (nSPS) is 11.1. The fraction of sp³-hybridized carbons (Fsp3) is 0.167. The number of benzene rings is 1. The Bertz CT molecular complexity index is 1040. The maximum atomic E-state index is 12.2. The van der Waals surface area contributed by atoms with Crippen molar-refractivity contribution in [2.75, 3.05) is 0 Å². The van der Waals surface area contributed by atoms with Crippen LogP contribution in [-0.2, 0) is 17.8 Å². The monoisotopic (exact) mass is 333 g/mol. The molecule has 3 aromatic heterocycles. The van der Waals surface area contributed by atoms with Gasteiger partial charge in [0.2, 0.25) is 0 Å². The van der Waals surface area contributed by atoms with Gasteiger partial charge < -0.3 is 8.98 Å². The third kappa shape index (κ3) is 3.30. The van der Waals surface area contributed by atoms with Crippen molar-refractivity contribution < 1.29 is 9.21 Å². The van der Waals surface area contributed by atoms with Crippen LogP contribution in [-0.4, -0.2) is 30.5 Å². The molecule has 0 aliphatic rings. The molecular formula is C18H15N5O2. The van der Waals surface area contributed by atoms with Crippen molar-refractivity contribution >= 4 is 16.7 Å². The van der Waals surface area contributed by atoms with Crippen molar-refractivity contribution in [2.24, 2.45) is 0 Å². The van der Waals surface area contributed by atoms with Gasteiger partial charge in [-0.3, -0.25) is 4.79 Å². The summed E-state index contributed by atoms with van der Waals surface area (Å²) in [6, 6.07) is 7.65. The Hall–Kier alpha value is -3.35. The van der Waals surface area contributed by atoms with Gasteiger partial charge in [0, 0.05) is 30.3 Å². The van der Waals surface area contributed by atoms with Gasteiger partial charge in [-0.2, -0.15) is 10.2 Å². The van der Waals surface area contributed by atoms with E-state index in [1.54, 1.807) is 36.4 Å². The number of nitrogens with zero attached hydrogens (tertiary/aromatic N) is 5. The van der Waals surface area contributed by atoms with Gasteiger partial charge in [0.25, 0.3) is 0 Å². The molecule has 0 saturated heterocycles. The van der Waals surface area contributed by atoms with Gasteiger partial charge in [0.05, 0.1) is 36.7 Å². The SMILES string of the molecule is Cc1ncc(-c2ccc3nnc(CC(=O)Cn4ccnc4)cc3c2)o1. The zero-order chi connectivity index (χ0) is 17.2. The summed E-state index contributed by atoms with van der Waals surface area (Å²) in [4.78, 5) is 20.2. The smallest absolute Gasteiger partial charge is 0.191 e. The number of aromatic nitrogens is 5. The lowest BCUT2D eigenvalue weighted by Crippen LogP contribution is -2.12. The molecule has 7 nitrogen and oxygen atoms in total. The Kier molecular flexibility index (Phi) is 3.81.